The van der Waals surface area contributed by atoms with Crippen molar-refractivity contribution < 1.29 is 19.8 Å². The lowest BCUT2D eigenvalue weighted by Crippen LogP contribution is -2.45. The number of para-hydroxylation sites is 1. The lowest BCUT2D eigenvalue weighted by molar-refractivity contribution is -0.120. The van der Waals surface area contributed by atoms with Gasteiger partial charge in [-0.15, -0.1) is 0 Å². The van der Waals surface area contributed by atoms with Crippen LogP contribution in [0.2, 0.25) is 0 Å². The van der Waals surface area contributed by atoms with Crippen LogP contribution in [0.25, 0.3) is 0 Å². The summed E-state index contributed by atoms with van der Waals surface area (Å²) < 4.78 is 0. The highest BCUT2D eigenvalue weighted by Crippen LogP contribution is 2.36. The molecule has 10 nitrogen and oxygen atoms in total. The Morgan fingerprint density at radius 2 is 1.95 bits per heavy atom. The average Bonchev–Trinajstić information content (AvgIpc) is 3.36. The second-order valence-corrected chi connectivity index (χ2v) is 10.0. The number of aromatic nitrogens is 2. The van der Waals surface area contributed by atoms with E-state index in [-0.39, 0.29) is 30.2 Å². The van der Waals surface area contributed by atoms with Crippen molar-refractivity contribution in [3.8, 4) is 5.75 Å². The second kappa shape index (κ2) is 11.7. The number of phenolic OH excluding ortho intramolecular Hbond substituents is 1. The first-order chi connectivity index (χ1) is 19.0. The maximum Gasteiger partial charge on any atom is 0.277 e. The zero-order valence-corrected chi connectivity index (χ0v) is 22.0. The summed E-state index contributed by atoms with van der Waals surface area (Å²) in [7, 11) is 1.84. The summed E-state index contributed by atoms with van der Waals surface area (Å²) in [5.74, 6) is 0.578. The minimum absolute atomic E-state index is 0.0208. The summed E-state index contributed by atoms with van der Waals surface area (Å²) in [5.41, 5.74) is 3.99. The molecule has 3 N–H and O–H groups in total. The Morgan fingerprint density at radius 3 is 2.69 bits per heavy atom. The maximum atomic E-state index is 13.4. The monoisotopic (exact) mass is 530 g/mol. The van der Waals surface area contributed by atoms with Gasteiger partial charge in [0.05, 0.1) is 6.61 Å². The molecule has 204 valence electrons. The van der Waals surface area contributed by atoms with E-state index < -0.39 is 0 Å². The molecular formula is C29H34N6O4. The fourth-order valence-corrected chi connectivity index (χ4v) is 5.65. The van der Waals surface area contributed by atoms with E-state index in [1.54, 1.807) is 23.1 Å². The summed E-state index contributed by atoms with van der Waals surface area (Å²) >= 11 is 0. The number of nitrogens with zero attached hydrogens (tertiary/aromatic N) is 5. The van der Waals surface area contributed by atoms with E-state index in [4.69, 9.17) is 0 Å². The number of aliphatic hydroxyl groups excluding tert-OH is 1. The zero-order chi connectivity index (χ0) is 27.4. The van der Waals surface area contributed by atoms with Gasteiger partial charge in [0, 0.05) is 62.6 Å². The van der Waals surface area contributed by atoms with Crippen molar-refractivity contribution in [3.63, 3.8) is 0 Å². The number of hydrogen-bond donors (Lipinski definition) is 3. The number of amides is 2. The highest BCUT2D eigenvalue weighted by atomic mass is 16.3. The van der Waals surface area contributed by atoms with Crippen LogP contribution in [0.5, 0.6) is 5.75 Å². The first-order valence-corrected chi connectivity index (χ1v) is 13.3. The van der Waals surface area contributed by atoms with Crippen LogP contribution in [0.4, 0.5) is 17.2 Å². The van der Waals surface area contributed by atoms with Crippen molar-refractivity contribution in [1.82, 2.24) is 14.9 Å². The number of phenols is 1. The SMILES string of the molecule is CNc1ccc(O)cc1CCN(C=O)C1CCN(c2cc(C(=O)N3CC(CO)c4ccccc43)ncn2)CC1. The molecule has 0 saturated carbocycles. The van der Waals surface area contributed by atoms with Crippen molar-refractivity contribution in [3.05, 3.63) is 71.7 Å². The zero-order valence-electron chi connectivity index (χ0n) is 22.0. The molecule has 2 aliphatic rings. The van der Waals surface area contributed by atoms with Gasteiger partial charge in [0.1, 0.15) is 23.6 Å². The molecule has 2 amide bonds. The fourth-order valence-electron chi connectivity index (χ4n) is 5.65. The standard InChI is InChI=1S/C29H34N6O4/c1-30-25-7-6-23(38)14-20(25)8-11-34(19-37)22-9-12-33(13-10-22)28-15-26(31-18-32-28)29(39)35-16-21(17-36)24-4-2-3-5-27(24)35/h2-7,14-15,18-19,21-22,30,36,38H,8-13,16-17H2,1H3. The first kappa shape index (κ1) is 26.4. The minimum atomic E-state index is -0.211. The van der Waals surface area contributed by atoms with Crippen molar-refractivity contribution >= 4 is 29.5 Å². The van der Waals surface area contributed by atoms with Gasteiger partial charge in [-0.05, 0) is 54.7 Å². The van der Waals surface area contributed by atoms with Crippen LogP contribution in [0.3, 0.4) is 0 Å². The van der Waals surface area contributed by atoms with E-state index in [0.29, 0.717) is 44.1 Å². The van der Waals surface area contributed by atoms with Gasteiger partial charge in [-0.2, -0.15) is 0 Å². The van der Waals surface area contributed by atoms with Crippen LogP contribution in [-0.4, -0.2) is 83.3 Å². The van der Waals surface area contributed by atoms with Crippen molar-refractivity contribution in [1.29, 1.82) is 0 Å². The van der Waals surface area contributed by atoms with Gasteiger partial charge < -0.3 is 30.2 Å². The van der Waals surface area contributed by atoms with Gasteiger partial charge in [-0.1, -0.05) is 18.2 Å². The van der Waals surface area contributed by atoms with Gasteiger partial charge in [-0.3, -0.25) is 9.59 Å². The molecule has 2 aliphatic heterocycles. The molecular weight excluding hydrogens is 496 g/mol. The van der Waals surface area contributed by atoms with Gasteiger partial charge in [-0.25, -0.2) is 9.97 Å². The van der Waals surface area contributed by atoms with Gasteiger partial charge >= 0.3 is 0 Å². The molecule has 2 aromatic carbocycles. The maximum absolute atomic E-state index is 13.4. The quantitative estimate of drug-likeness (QED) is 0.285. The first-order valence-electron chi connectivity index (χ1n) is 13.3. The van der Waals surface area contributed by atoms with Crippen molar-refractivity contribution in [2.45, 2.75) is 31.2 Å². The van der Waals surface area contributed by atoms with E-state index >= 15 is 0 Å². The summed E-state index contributed by atoms with van der Waals surface area (Å²) in [5, 5.41) is 22.8. The van der Waals surface area contributed by atoms with Crippen LogP contribution in [0, 0.1) is 0 Å². The van der Waals surface area contributed by atoms with Crippen LogP contribution in [0.15, 0.2) is 54.9 Å². The molecule has 0 aliphatic carbocycles. The van der Waals surface area contributed by atoms with Crippen LogP contribution >= 0.6 is 0 Å². The molecule has 0 radical (unpaired) electrons. The van der Waals surface area contributed by atoms with Gasteiger partial charge in [0.15, 0.2) is 0 Å². The number of carbonyl (C=O) groups excluding carboxylic acids is 2. The lowest BCUT2D eigenvalue weighted by Gasteiger charge is -2.37. The molecule has 0 bridgehead atoms. The average molecular weight is 531 g/mol. The number of nitrogens with one attached hydrogen (secondary N) is 1. The third-order valence-electron chi connectivity index (χ3n) is 7.80. The molecule has 1 aromatic heterocycles. The summed E-state index contributed by atoms with van der Waals surface area (Å²) in [4.78, 5) is 39.7. The third-order valence-corrected chi connectivity index (χ3v) is 7.80. The Labute approximate surface area is 227 Å². The number of aliphatic hydroxyl groups is 1. The highest BCUT2D eigenvalue weighted by molar-refractivity contribution is 6.06. The number of anilines is 3. The number of fused-ring (bicyclic) bond motifs is 1. The molecule has 10 heteroatoms. The summed E-state index contributed by atoms with van der Waals surface area (Å²) in [6, 6.07) is 14.7. The van der Waals surface area contributed by atoms with Crippen molar-refractivity contribution in [2.24, 2.45) is 0 Å². The molecule has 1 atom stereocenters. The predicted molar refractivity (Wildman–Crippen MR) is 149 cm³/mol. The smallest absolute Gasteiger partial charge is 0.277 e. The minimum Gasteiger partial charge on any atom is -0.508 e. The van der Waals surface area contributed by atoms with E-state index in [1.807, 2.05) is 42.3 Å². The summed E-state index contributed by atoms with van der Waals surface area (Å²) in [6.45, 7) is 2.36. The number of hydrogen-bond acceptors (Lipinski definition) is 8. The Morgan fingerprint density at radius 1 is 1.15 bits per heavy atom. The normalized spacial score (nSPS) is 17.1. The van der Waals surface area contributed by atoms with Gasteiger partial charge in [0.25, 0.3) is 5.91 Å². The van der Waals surface area contributed by atoms with Gasteiger partial charge in [0.2, 0.25) is 6.41 Å². The Hall–Kier alpha value is -4.18. The molecule has 1 saturated heterocycles. The van der Waals surface area contributed by atoms with E-state index in [1.165, 1.54) is 6.33 Å². The number of rotatable bonds is 9. The Kier molecular flexibility index (Phi) is 7.92. The highest BCUT2D eigenvalue weighted by Gasteiger charge is 2.33. The number of benzene rings is 2. The predicted octanol–water partition coefficient (Wildman–Crippen LogP) is 2.63. The molecule has 1 fully saturated rings. The molecule has 3 aromatic rings. The second-order valence-electron chi connectivity index (χ2n) is 10.0. The number of aromatic hydroxyl groups is 1. The number of piperidine rings is 1. The molecule has 0 spiro atoms. The fraction of sp³-hybridized carbons (Fsp3) is 0.379. The van der Waals surface area contributed by atoms with Crippen molar-refractivity contribution in [2.75, 3.05) is 55.0 Å². The third kappa shape index (κ3) is 5.51. The topological polar surface area (TPSA) is 122 Å². The van der Waals surface area contributed by atoms with E-state index in [0.717, 1.165) is 41.8 Å². The lowest BCUT2D eigenvalue weighted by atomic mass is 10.0. The Bertz CT molecular complexity index is 1330. The van der Waals surface area contributed by atoms with Crippen LogP contribution in [-0.2, 0) is 11.2 Å². The molecule has 3 heterocycles. The van der Waals surface area contributed by atoms with Crippen LogP contribution in [0.1, 0.15) is 40.4 Å². The van der Waals surface area contributed by atoms with E-state index in [2.05, 4.69) is 20.2 Å². The van der Waals surface area contributed by atoms with Crippen LogP contribution < -0.4 is 15.1 Å². The van der Waals surface area contributed by atoms with E-state index in [9.17, 15) is 19.8 Å². The summed E-state index contributed by atoms with van der Waals surface area (Å²) in [6.07, 6.45) is 4.53. The Balaban J connectivity index is 1.21. The number of carbonyl (C=O) groups is 2. The molecule has 1 unspecified atom stereocenters. The molecule has 5 rings (SSSR count). The largest absolute Gasteiger partial charge is 0.508 e. The molecule has 39 heavy (non-hydrogen) atoms.